The molecule has 3 nitrogen and oxygen atoms in total. The molecule has 21 heavy (non-hydrogen) atoms. The third-order valence-corrected chi connectivity index (χ3v) is 3.01. The molecular weight excluding hydrogens is 281 g/mol. The van der Waals surface area contributed by atoms with Gasteiger partial charge >= 0.3 is 6.18 Å². The van der Waals surface area contributed by atoms with E-state index < -0.39 is 11.7 Å². The molecule has 0 radical (unpaired) electrons. The van der Waals surface area contributed by atoms with Crippen LogP contribution in [0.4, 0.5) is 24.5 Å². The van der Waals surface area contributed by atoms with Crippen LogP contribution < -0.4 is 15.8 Å². The van der Waals surface area contributed by atoms with Crippen LogP contribution in [0.2, 0.25) is 0 Å². The van der Waals surface area contributed by atoms with Crippen molar-refractivity contribution >= 4 is 11.4 Å². The van der Waals surface area contributed by atoms with Crippen LogP contribution in [-0.4, -0.2) is 7.11 Å². The summed E-state index contributed by atoms with van der Waals surface area (Å²) in [6, 6.07) is 10.3. The number of nitrogens with two attached hydrogens (primary N) is 1. The van der Waals surface area contributed by atoms with Crippen LogP contribution in [-0.2, 0) is 12.7 Å². The number of alkyl halides is 3. The first-order valence-electron chi connectivity index (χ1n) is 6.23. The van der Waals surface area contributed by atoms with Gasteiger partial charge in [-0.3, -0.25) is 0 Å². The first-order valence-corrected chi connectivity index (χ1v) is 6.23. The molecule has 112 valence electrons. The highest BCUT2D eigenvalue weighted by Gasteiger charge is 2.29. The predicted octanol–water partition coefficient (Wildman–Crippen LogP) is 3.91. The van der Waals surface area contributed by atoms with Gasteiger partial charge in [0.1, 0.15) is 5.75 Å². The number of nitrogen functional groups attached to an aromatic ring is 1. The topological polar surface area (TPSA) is 47.3 Å². The largest absolute Gasteiger partial charge is 0.495 e. The summed E-state index contributed by atoms with van der Waals surface area (Å²) in [6.07, 6.45) is -4.31. The van der Waals surface area contributed by atoms with Gasteiger partial charge in [0.05, 0.1) is 18.4 Å². The normalized spacial score (nSPS) is 11.2. The van der Waals surface area contributed by atoms with Gasteiger partial charge in [-0.15, -0.1) is 0 Å². The Balaban J connectivity index is 2.03. The maximum atomic E-state index is 12.5. The van der Waals surface area contributed by atoms with Crippen molar-refractivity contribution in [3.05, 3.63) is 53.6 Å². The Kier molecular flexibility index (Phi) is 4.26. The van der Waals surface area contributed by atoms with Crippen molar-refractivity contribution in [2.75, 3.05) is 18.2 Å². The molecule has 0 fully saturated rings. The highest BCUT2D eigenvalue weighted by molar-refractivity contribution is 5.61. The molecule has 0 saturated carbocycles. The lowest BCUT2D eigenvalue weighted by molar-refractivity contribution is -0.137. The number of rotatable bonds is 4. The number of ether oxygens (including phenoxy) is 1. The van der Waals surface area contributed by atoms with Gasteiger partial charge in [0.15, 0.2) is 0 Å². The fourth-order valence-corrected chi connectivity index (χ4v) is 1.84. The minimum absolute atomic E-state index is 0.408. The fourth-order valence-electron chi connectivity index (χ4n) is 1.84. The molecular formula is C15H15F3N2O. The Bertz CT molecular complexity index is 609. The number of anilines is 2. The van der Waals surface area contributed by atoms with E-state index >= 15 is 0 Å². The monoisotopic (exact) mass is 296 g/mol. The highest BCUT2D eigenvalue weighted by Crippen LogP contribution is 2.29. The third-order valence-electron chi connectivity index (χ3n) is 3.01. The predicted molar refractivity (Wildman–Crippen MR) is 76.2 cm³/mol. The van der Waals surface area contributed by atoms with Crippen LogP contribution in [0.25, 0.3) is 0 Å². The zero-order chi connectivity index (χ0) is 15.5. The molecule has 2 aromatic carbocycles. The van der Waals surface area contributed by atoms with Gasteiger partial charge in [-0.25, -0.2) is 0 Å². The summed E-state index contributed by atoms with van der Waals surface area (Å²) in [5.41, 5.74) is 7.11. The van der Waals surface area contributed by atoms with Crippen molar-refractivity contribution in [1.29, 1.82) is 0 Å². The Labute approximate surface area is 120 Å². The van der Waals surface area contributed by atoms with Crippen LogP contribution in [0.5, 0.6) is 5.75 Å². The van der Waals surface area contributed by atoms with E-state index in [0.29, 0.717) is 18.0 Å². The SMILES string of the molecule is COc1cc(NCc2ccc(C(F)(F)F)cc2)ccc1N. The lowest BCUT2D eigenvalue weighted by Crippen LogP contribution is -2.05. The molecule has 0 unspecified atom stereocenters. The molecule has 3 N–H and O–H groups in total. The molecule has 0 aromatic heterocycles. The van der Waals surface area contributed by atoms with Crippen molar-refractivity contribution in [1.82, 2.24) is 0 Å². The van der Waals surface area contributed by atoms with Crippen LogP contribution >= 0.6 is 0 Å². The van der Waals surface area contributed by atoms with Crippen LogP contribution in [0.15, 0.2) is 42.5 Å². The summed E-state index contributed by atoms with van der Waals surface area (Å²) >= 11 is 0. The number of hydrogen-bond acceptors (Lipinski definition) is 3. The first-order chi connectivity index (χ1) is 9.90. The highest BCUT2D eigenvalue weighted by atomic mass is 19.4. The van der Waals surface area contributed by atoms with Crippen molar-refractivity contribution in [3.63, 3.8) is 0 Å². The summed E-state index contributed by atoms with van der Waals surface area (Å²) in [5.74, 6) is 0.549. The van der Waals surface area contributed by atoms with E-state index in [1.165, 1.54) is 19.2 Å². The molecule has 2 rings (SSSR count). The van der Waals surface area contributed by atoms with Gasteiger partial charge < -0.3 is 15.8 Å². The summed E-state index contributed by atoms with van der Waals surface area (Å²) < 4.78 is 42.5. The number of hydrogen-bond donors (Lipinski definition) is 2. The van der Waals surface area contributed by atoms with Gasteiger partial charge in [0.25, 0.3) is 0 Å². The van der Waals surface area contributed by atoms with E-state index in [1.807, 2.05) is 0 Å². The number of methoxy groups -OCH3 is 1. The van der Waals surface area contributed by atoms with Crippen LogP contribution in [0, 0.1) is 0 Å². The molecule has 6 heteroatoms. The first kappa shape index (κ1) is 15.0. The van der Waals surface area contributed by atoms with Crippen molar-refractivity contribution in [2.24, 2.45) is 0 Å². The van der Waals surface area contributed by atoms with E-state index in [4.69, 9.17) is 10.5 Å². The smallest absolute Gasteiger partial charge is 0.416 e. The lowest BCUT2D eigenvalue weighted by Gasteiger charge is -2.11. The van der Waals surface area contributed by atoms with Crippen LogP contribution in [0.3, 0.4) is 0 Å². The zero-order valence-electron chi connectivity index (χ0n) is 11.4. The molecule has 0 amide bonds. The van der Waals surface area contributed by atoms with Crippen molar-refractivity contribution in [2.45, 2.75) is 12.7 Å². The van der Waals surface area contributed by atoms with Crippen LogP contribution in [0.1, 0.15) is 11.1 Å². The van der Waals surface area contributed by atoms with E-state index in [-0.39, 0.29) is 0 Å². The summed E-state index contributed by atoms with van der Waals surface area (Å²) in [6.45, 7) is 0.408. The molecule has 0 atom stereocenters. The summed E-state index contributed by atoms with van der Waals surface area (Å²) in [4.78, 5) is 0. The maximum Gasteiger partial charge on any atom is 0.416 e. The Morgan fingerprint density at radius 2 is 1.76 bits per heavy atom. The number of benzene rings is 2. The molecule has 0 bridgehead atoms. The van der Waals surface area contributed by atoms with E-state index in [0.717, 1.165) is 23.4 Å². The minimum Gasteiger partial charge on any atom is -0.495 e. The van der Waals surface area contributed by atoms with E-state index in [9.17, 15) is 13.2 Å². The molecule has 0 aliphatic rings. The second-order valence-corrected chi connectivity index (χ2v) is 4.50. The lowest BCUT2D eigenvalue weighted by atomic mass is 10.1. The fraction of sp³-hybridized carbons (Fsp3) is 0.200. The molecule has 0 heterocycles. The average Bonchev–Trinajstić information content (AvgIpc) is 2.46. The Morgan fingerprint density at radius 3 is 2.33 bits per heavy atom. The number of halogens is 3. The average molecular weight is 296 g/mol. The summed E-state index contributed by atoms with van der Waals surface area (Å²) in [7, 11) is 1.52. The standard InChI is InChI=1S/C15H15F3N2O/c1-21-14-8-12(6-7-13(14)19)20-9-10-2-4-11(5-3-10)15(16,17)18/h2-8,20H,9,19H2,1H3. The van der Waals surface area contributed by atoms with Gasteiger partial charge in [0.2, 0.25) is 0 Å². The molecule has 0 spiro atoms. The van der Waals surface area contributed by atoms with Gasteiger partial charge in [-0.05, 0) is 29.8 Å². The van der Waals surface area contributed by atoms with Gasteiger partial charge in [-0.2, -0.15) is 13.2 Å². The van der Waals surface area contributed by atoms with Crippen molar-refractivity contribution < 1.29 is 17.9 Å². The maximum absolute atomic E-state index is 12.5. The van der Waals surface area contributed by atoms with E-state index in [1.54, 1.807) is 18.2 Å². The Morgan fingerprint density at radius 1 is 1.10 bits per heavy atom. The molecule has 2 aromatic rings. The van der Waals surface area contributed by atoms with Gasteiger partial charge in [0, 0.05) is 18.3 Å². The molecule has 0 saturated heterocycles. The number of nitrogens with one attached hydrogen (secondary N) is 1. The Hall–Kier alpha value is -2.37. The van der Waals surface area contributed by atoms with E-state index in [2.05, 4.69) is 5.32 Å². The zero-order valence-corrected chi connectivity index (χ0v) is 11.4. The third kappa shape index (κ3) is 3.81. The minimum atomic E-state index is -4.31. The van der Waals surface area contributed by atoms with Crippen molar-refractivity contribution in [3.8, 4) is 5.75 Å². The van der Waals surface area contributed by atoms with Gasteiger partial charge in [-0.1, -0.05) is 12.1 Å². The second kappa shape index (κ2) is 5.95. The molecule has 0 aliphatic carbocycles. The summed E-state index contributed by atoms with van der Waals surface area (Å²) in [5, 5.41) is 3.10. The quantitative estimate of drug-likeness (QED) is 0.841. The molecule has 0 aliphatic heterocycles. The second-order valence-electron chi connectivity index (χ2n) is 4.50.